The van der Waals surface area contributed by atoms with Gasteiger partial charge in [-0.2, -0.15) is 0 Å². The second-order valence-corrected chi connectivity index (χ2v) is 4.89. The van der Waals surface area contributed by atoms with E-state index in [-0.39, 0.29) is 11.6 Å². The van der Waals surface area contributed by atoms with Gasteiger partial charge in [-0.05, 0) is 30.7 Å². The molecule has 0 amide bonds. The minimum absolute atomic E-state index is 0.0209. The molecule has 1 aromatic carbocycles. The smallest absolute Gasteiger partial charge is 0.258 e. The highest BCUT2D eigenvalue weighted by atomic mass is 16.3. The van der Waals surface area contributed by atoms with Gasteiger partial charge in [0.05, 0.1) is 29.8 Å². The lowest BCUT2D eigenvalue weighted by molar-refractivity contribution is 0.433. The Labute approximate surface area is 122 Å². The van der Waals surface area contributed by atoms with Gasteiger partial charge in [0.2, 0.25) is 0 Å². The van der Waals surface area contributed by atoms with Gasteiger partial charge in [0.25, 0.3) is 5.56 Å². The Bertz CT molecular complexity index is 778. The third-order valence-electron chi connectivity index (χ3n) is 3.47. The minimum atomic E-state index is -0.103. The number of nitrogens with zero attached hydrogens (tertiary/aromatic N) is 1. The van der Waals surface area contributed by atoms with Gasteiger partial charge < -0.3 is 14.7 Å². The Kier molecular flexibility index (Phi) is 3.83. The molecule has 2 N–H and O–H groups in total. The highest BCUT2D eigenvalue weighted by Gasteiger charge is 2.13. The number of furan rings is 1. The van der Waals surface area contributed by atoms with Gasteiger partial charge in [-0.25, -0.2) is 4.98 Å². The van der Waals surface area contributed by atoms with E-state index in [0.717, 1.165) is 17.7 Å². The maximum Gasteiger partial charge on any atom is 0.258 e. The zero-order valence-electron chi connectivity index (χ0n) is 11.8. The van der Waals surface area contributed by atoms with Crippen LogP contribution in [0, 0.1) is 0 Å². The number of hydrogen-bond acceptors (Lipinski definition) is 4. The largest absolute Gasteiger partial charge is 0.468 e. The molecule has 0 unspecified atom stereocenters. The highest BCUT2D eigenvalue weighted by Crippen LogP contribution is 2.15. The van der Waals surface area contributed by atoms with Crippen molar-refractivity contribution in [3.8, 4) is 0 Å². The molecule has 2 aromatic heterocycles. The number of aromatic nitrogens is 2. The van der Waals surface area contributed by atoms with Crippen LogP contribution in [0.4, 0.5) is 0 Å². The molecule has 0 saturated heterocycles. The van der Waals surface area contributed by atoms with Crippen LogP contribution in [0.5, 0.6) is 0 Å². The summed E-state index contributed by atoms with van der Waals surface area (Å²) in [6, 6.07) is 11.1. The number of H-pyrrole nitrogens is 1. The predicted molar refractivity (Wildman–Crippen MR) is 80.9 cm³/mol. The summed E-state index contributed by atoms with van der Waals surface area (Å²) in [7, 11) is 0. The van der Waals surface area contributed by atoms with Gasteiger partial charge in [0.15, 0.2) is 0 Å². The van der Waals surface area contributed by atoms with Crippen LogP contribution < -0.4 is 10.9 Å². The average Bonchev–Trinajstić information content (AvgIpc) is 3.01. The van der Waals surface area contributed by atoms with Crippen molar-refractivity contribution < 1.29 is 4.42 Å². The number of fused-ring (bicyclic) bond motifs is 1. The average molecular weight is 283 g/mol. The van der Waals surface area contributed by atoms with Crippen molar-refractivity contribution >= 4 is 10.9 Å². The minimum Gasteiger partial charge on any atom is -0.468 e. The monoisotopic (exact) mass is 283 g/mol. The molecule has 0 aliphatic rings. The van der Waals surface area contributed by atoms with E-state index in [9.17, 15) is 4.79 Å². The number of nitrogens with one attached hydrogen (secondary N) is 2. The maximum absolute atomic E-state index is 12.1. The van der Waals surface area contributed by atoms with Gasteiger partial charge in [-0.1, -0.05) is 19.1 Å². The van der Waals surface area contributed by atoms with E-state index in [4.69, 9.17) is 4.42 Å². The summed E-state index contributed by atoms with van der Waals surface area (Å²) in [5, 5.41) is 3.97. The van der Waals surface area contributed by atoms with Crippen LogP contribution in [0.1, 0.15) is 31.0 Å². The standard InChI is InChI=1S/C16H17N3O2/c1-2-13(17-10-11-6-5-9-21-11)15-18-14-8-4-3-7-12(14)16(20)19-15/h3-9,13,17H,2,10H2,1H3,(H,18,19,20)/t13-/m1/s1. The van der Waals surface area contributed by atoms with Crippen LogP contribution in [0.2, 0.25) is 0 Å². The van der Waals surface area contributed by atoms with Gasteiger partial charge in [0, 0.05) is 0 Å². The third-order valence-corrected chi connectivity index (χ3v) is 3.47. The molecule has 0 bridgehead atoms. The van der Waals surface area contributed by atoms with Crippen molar-refractivity contribution in [2.45, 2.75) is 25.9 Å². The van der Waals surface area contributed by atoms with Gasteiger partial charge in [-0.3, -0.25) is 4.79 Å². The molecule has 0 radical (unpaired) electrons. The molecular weight excluding hydrogens is 266 g/mol. The van der Waals surface area contributed by atoms with E-state index < -0.39 is 0 Å². The number of hydrogen-bond donors (Lipinski definition) is 2. The lowest BCUT2D eigenvalue weighted by Crippen LogP contribution is -2.25. The molecule has 1 atom stereocenters. The molecule has 0 spiro atoms. The fourth-order valence-corrected chi connectivity index (χ4v) is 2.34. The first-order valence-corrected chi connectivity index (χ1v) is 7.02. The molecule has 2 heterocycles. The summed E-state index contributed by atoms with van der Waals surface area (Å²) < 4.78 is 5.30. The van der Waals surface area contributed by atoms with Crippen molar-refractivity contribution in [2.75, 3.05) is 0 Å². The molecule has 0 aliphatic heterocycles. The Morgan fingerprint density at radius 3 is 2.90 bits per heavy atom. The summed E-state index contributed by atoms with van der Waals surface area (Å²) in [6.45, 7) is 2.65. The molecule has 21 heavy (non-hydrogen) atoms. The normalized spacial score (nSPS) is 12.6. The van der Waals surface area contributed by atoms with E-state index in [0.29, 0.717) is 17.8 Å². The first-order chi connectivity index (χ1) is 10.3. The quantitative estimate of drug-likeness (QED) is 0.755. The summed E-state index contributed by atoms with van der Waals surface area (Å²) in [4.78, 5) is 19.5. The van der Waals surface area contributed by atoms with Crippen LogP contribution >= 0.6 is 0 Å². The van der Waals surface area contributed by atoms with Crippen LogP contribution in [-0.4, -0.2) is 9.97 Å². The molecule has 108 valence electrons. The molecule has 5 heteroatoms. The number of rotatable bonds is 5. The fraction of sp³-hybridized carbons (Fsp3) is 0.250. The van der Waals surface area contributed by atoms with Crippen LogP contribution in [0.15, 0.2) is 51.9 Å². The van der Waals surface area contributed by atoms with E-state index in [1.807, 2.05) is 30.3 Å². The van der Waals surface area contributed by atoms with E-state index in [2.05, 4.69) is 22.2 Å². The lowest BCUT2D eigenvalue weighted by Gasteiger charge is -2.15. The highest BCUT2D eigenvalue weighted by molar-refractivity contribution is 5.77. The molecule has 0 aliphatic carbocycles. The summed E-state index contributed by atoms with van der Waals surface area (Å²) in [6.07, 6.45) is 2.47. The van der Waals surface area contributed by atoms with Crippen molar-refractivity contribution in [1.29, 1.82) is 0 Å². The Morgan fingerprint density at radius 2 is 2.14 bits per heavy atom. The molecule has 5 nitrogen and oxygen atoms in total. The topological polar surface area (TPSA) is 70.9 Å². The third kappa shape index (κ3) is 2.87. The van der Waals surface area contributed by atoms with Crippen molar-refractivity contribution in [2.24, 2.45) is 0 Å². The molecule has 3 rings (SSSR count). The van der Waals surface area contributed by atoms with Crippen LogP contribution in [0.3, 0.4) is 0 Å². The Balaban J connectivity index is 1.88. The van der Waals surface area contributed by atoms with Crippen molar-refractivity contribution in [3.05, 3.63) is 64.6 Å². The zero-order chi connectivity index (χ0) is 14.7. The number of aromatic amines is 1. The fourth-order valence-electron chi connectivity index (χ4n) is 2.34. The summed E-state index contributed by atoms with van der Waals surface area (Å²) in [5.41, 5.74) is 0.614. The first kappa shape index (κ1) is 13.6. The van der Waals surface area contributed by atoms with Crippen molar-refractivity contribution in [3.63, 3.8) is 0 Å². The summed E-state index contributed by atoms with van der Waals surface area (Å²) in [5.74, 6) is 1.52. The molecular formula is C16H17N3O2. The van der Waals surface area contributed by atoms with E-state index in [1.54, 1.807) is 12.3 Å². The predicted octanol–water partition coefficient (Wildman–Crippen LogP) is 2.76. The van der Waals surface area contributed by atoms with Crippen LogP contribution in [-0.2, 0) is 6.54 Å². The zero-order valence-corrected chi connectivity index (χ0v) is 11.8. The SMILES string of the molecule is CC[C@@H](NCc1ccco1)c1nc2ccccc2c(=O)[nH]1. The maximum atomic E-state index is 12.1. The lowest BCUT2D eigenvalue weighted by atomic mass is 10.2. The number of para-hydroxylation sites is 1. The molecule has 3 aromatic rings. The molecule has 0 fully saturated rings. The number of benzene rings is 1. The molecule has 0 saturated carbocycles. The second kappa shape index (κ2) is 5.93. The summed E-state index contributed by atoms with van der Waals surface area (Å²) >= 11 is 0. The van der Waals surface area contributed by atoms with Crippen molar-refractivity contribution in [1.82, 2.24) is 15.3 Å². The van der Waals surface area contributed by atoms with E-state index in [1.165, 1.54) is 0 Å². The Morgan fingerprint density at radius 1 is 1.29 bits per heavy atom. The van der Waals surface area contributed by atoms with Crippen LogP contribution in [0.25, 0.3) is 10.9 Å². The van der Waals surface area contributed by atoms with Gasteiger partial charge in [-0.15, -0.1) is 0 Å². The van der Waals surface area contributed by atoms with Gasteiger partial charge >= 0.3 is 0 Å². The first-order valence-electron chi connectivity index (χ1n) is 7.02. The van der Waals surface area contributed by atoms with Gasteiger partial charge in [0.1, 0.15) is 11.6 Å². The Hall–Kier alpha value is -2.40. The van der Waals surface area contributed by atoms with E-state index >= 15 is 0 Å². The second-order valence-electron chi connectivity index (χ2n) is 4.89.